The summed E-state index contributed by atoms with van der Waals surface area (Å²) in [7, 11) is 0. The van der Waals surface area contributed by atoms with Crippen LogP contribution in [0.15, 0.2) is 24.3 Å². The predicted octanol–water partition coefficient (Wildman–Crippen LogP) is 2.45. The molecule has 2 amide bonds. The van der Waals surface area contributed by atoms with Crippen LogP contribution in [0.1, 0.15) is 31.9 Å². The maximum absolute atomic E-state index is 11.4. The lowest BCUT2D eigenvalue weighted by atomic mass is 10.1. The van der Waals surface area contributed by atoms with Crippen molar-refractivity contribution in [1.82, 2.24) is 5.32 Å². The van der Waals surface area contributed by atoms with E-state index in [0.29, 0.717) is 12.3 Å². The van der Waals surface area contributed by atoms with Gasteiger partial charge in [0.2, 0.25) is 11.8 Å². The molecule has 18 heavy (non-hydrogen) atoms. The SMILES string of the molecule is CC(=O)Nc1cccc(C(C)NC(=O)CCCl)c1. The first kappa shape index (κ1) is 14.5. The van der Waals surface area contributed by atoms with Gasteiger partial charge in [0.25, 0.3) is 0 Å². The molecule has 0 aliphatic rings. The Hall–Kier alpha value is -1.55. The fourth-order valence-electron chi connectivity index (χ4n) is 1.57. The van der Waals surface area contributed by atoms with Crippen LogP contribution >= 0.6 is 11.6 Å². The Labute approximate surface area is 112 Å². The third-order valence-electron chi connectivity index (χ3n) is 2.41. The van der Waals surface area contributed by atoms with Gasteiger partial charge in [-0.15, -0.1) is 11.6 Å². The van der Waals surface area contributed by atoms with E-state index in [-0.39, 0.29) is 17.9 Å². The van der Waals surface area contributed by atoms with Gasteiger partial charge in [0, 0.05) is 24.9 Å². The molecule has 0 heterocycles. The molecule has 5 heteroatoms. The molecule has 0 aliphatic carbocycles. The zero-order chi connectivity index (χ0) is 13.5. The molecule has 0 saturated heterocycles. The summed E-state index contributed by atoms with van der Waals surface area (Å²) in [5.41, 5.74) is 1.66. The van der Waals surface area contributed by atoms with E-state index in [1.165, 1.54) is 6.92 Å². The molecule has 0 aliphatic heterocycles. The van der Waals surface area contributed by atoms with Gasteiger partial charge in [0.05, 0.1) is 6.04 Å². The second-order valence-corrected chi connectivity index (χ2v) is 4.41. The minimum atomic E-state index is -0.119. The van der Waals surface area contributed by atoms with Crippen molar-refractivity contribution >= 4 is 29.1 Å². The molecule has 2 N–H and O–H groups in total. The van der Waals surface area contributed by atoms with Crippen LogP contribution in [0.4, 0.5) is 5.69 Å². The first-order chi connectivity index (χ1) is 8.52. The number of benzene rings is 1. The molecule has 1 rings (SSSR count). The van der Waals surface area contributed by atoms with Crippen molar-refractivity contribution in [1.29, 1.82) is 0 Å². The summed E-state index contributed by atoms with van der Waals surface area (Å²) in [5.74, 6) is 0.109. The van der Waals surface area contributed by atoms with Crippen LogP contribution in [-0.2, 0) is 9.59 Å². The van der Waals surface area contributed by atoms with E-state index in [1.54, 1.807) is 6.07 Å². The highest BCUT2D eigenvalue weighted by atomic mass is 35.5. The Bertz CT molecular complexity index is 435. The predicted molar refractivity (Wildman–Crippen MR) is 72.6 cm³/mol. The third kappa shape index (κ3) is 4.75. The summed E-state index contributed by atoms with van der Waals surface area (Å²) in [5, 5.41) is 5.55. The molecule has 0 spiro atoms. The molecule has 0 aromatic heterocycles. The number of alkyl halides is 1. The topological polar surface area (TPSA) is 58.2 Å². The summed E-state index contributed by atoms with van der Waals surface area (Å²) in [6.45, 7) is 3.34. The molecule has 0 fully saturated rings. The first-order valence-corrected chi connectivity index (χ1v) is 6.29. The van der Waals surface area contributed by atoms with Crippen LogP contribution in [0.3, 0.4) is 0 Å². The monoisotopic (exact) mass is 268 g/mol. The number of nitrogens with one attached hydrogen (secondary N) is 2. The van der Waals surface area contributed by atoms with Gasteiger partial charge in [0.1, 0.15) is 0 Å². The lowest BCUT2D eigenvalue weighted by Crippen LogP contribution is -2.26. The van der Waals surface area contributed by atoms with E-state index in [2.05, 4.69) is 10.6 Å². The highest BCUT2D eigenvalue weighted by molar-refractivity contribution is 6.18. The van der Waals surface area contributed by atoms with E-state index in [0.717, 1.165) is 11.3 Å². The normalized spacial score (nSPS) is 11.7. The lowest BCUT2D eigenvalue weighted by Gasteiger charge is -2.15. The van der Waals surface area contributed by atoms with Gasteiger partial charge in [-0.3, -0.25) is 9.59 Å². The molecule has 98 valence electrons. The average molecular weight is 269 g/mol. The highest BCUT2D eigenvalue weighted by Gasteiger charge is 2.09. The maximum atomic E-state index is 11.4. The standard InChI is InChI=1S/C13H17ClN2O2/c1-9(15-13(18)6-7-14)11-4-3-5-12(8-11)16-10(2)17/h3-5,8-9H,6-7H2,1-2H3,(H,15,18)(H,16,17). The summed E-state index contributed by atoms with van der Waals surface area (Å²) < 4.78 is 0. The minimum Gasteiger partial charge on any atom is -0.350 e. The fraction of sp³-hybridized carbons (Fsp3) is 0.385. The lowest BCUT2D eigenvalue weighted by molar-refractivity contribution is -0.121. The zero-order valence-corrected chi connectivity index (χ0v) is 11.3. The Morgan fingerprint density at radius 1 is 1.39 bits per heavy atom. The van der Waals surface area contributed by atoms with Crippen molar-refractivity contribution in [2.75, 3.05) is 11.2 Å². The zero-order valence-electron chi connectivity index (χ0n) is 10.5. The number of hydrogen-bond donors (Lipinski definition) is 2. The summed E-state index contributed by atoms with van der Waals surface area (Å²) in [4.78, 5) is 22.4. The van der Waals surface area contributed by atoms with E-state index >= 15 is 0 Å². The van der Waals surface area contributed by atoms with Crippen molar-refractivity contribution in [3.05, 3.63) is 29.8 Å². The first-order valence-electron chi connectivity index (χ1n) is 5.76. The molecule has 4 nitrogen and oxygen atoms in total. The van der Waals surface area contributed by atoms with Crippen LogP contribution in [0, 0.1) is 0 Å². The van der Waals surface area contributed by atoms with Crippen molar-refractivity contribution in [2.24, 2.45) is 0 Å². The molecule has 1 aromatic carbocycles. The average Bonchev–Trinajstić information content (AvgIpc) is 2.28. The second-order valence-electron chi connectivity index (χ2n) is 4.03. The molecule has 0 radical (unpaired) electrons. The van der Waals surface area contributed by atoms with Crippen LogP contribution < -0.4 is 10.6 Å². The molecule has 1 unspecified atom stereocenters. The van der Waals surface area contributed by atoms with Crippen LogP contribution in [-0.4, -0.2) is 17.7 Å². The number of anilines is 1. The Kier molecular flexibility index (Phi) is 5.65. The van der Waals surface area contributed by atoms with Gasteiger partial charge in [-0.05, 0) is 24.6 Å². The highest BCUT2D eigenvalue weighted by Crippen LogP contribution is 2.17. The second kappa shape index (κ2) is 7.01. The van der Waals surface area contributed by atoms with Gasteiger partial charge >= 0.3 is 0 Å². The van der Waals surface area contributed by atoms with Gasteiger partial charge in [-0.1, -0.05) is 12.1 Å². The molecule has 1 atom stereocenters. The number of carbonyl (C=O) groups is 2. The fourth-order valence-corrected chi connectivity index (χ4v) is 1.74. The quantitative estimate of drug-likeness (QED) is 0.806. The number of hydrogen-bond acceptors (Lipinski definition) is 2. The van der Waals surface area contributed by atoms with Crippen molar-refractivity contribution in [3.8, 4) is 0 Å². The van der Waals surface area contributed by atoms with Crippen molar-refractivity contribution in [3.63, 3.8) is 0 Å². The Morgan fingerprint density at radius 2 is 2.11 bits per heavy atom. The smallest absolute Gasteiger partial charge is 0.221 e. The molecular weight excluding hydrogens is 252 g/mol. The van der Waals surface area contributed by atoms with Crippen LogP contribution in [0.25, 0.3) is 0 Å². The third-order valence-corrected chi connectivity index (χ3v) is 2.60. The molecule has 1 aromatic rings. The van der Waals surface area contributed by atoms with Gasteiger partial charge in [-0.2, -0.15) is 0 Å². The van der Waals surface area contributed by atoms with Crippen molar-refractivity contribution in [2.45, 2.75) is 26.3 Å². The van der Waals surface area contributed by atoms with Crippen LogP contribution in [0.5, 0.6) is 0 Å². The molecular formula is C13H17ClN2O2. The van der Waals surface area contributed by atoms with Gasteiger partial charge < -0.3 is 10.6 Å². The van der Waals surface area contributed by atoms with E-state index in [4.69, 9.17) is 11.6 Å². The number of carbonyl (C=O) groups excluding carboxylic acids is 2. The summed E-state index contributed by atoms with van der Waals surface area (Å²) in [6.07, 6.45) is 0.303. The van der Waals surface area contributed by atoms with E-state index in [9.17, 15) is 9.59 Å². The van der Waals surface area contributed by atoms with Crippen LogP contribution in [0.2, 0.25) is 0 Å². The number of halogens is 1. The number of amides is 2. The summed E-state index contributed by atoms with van der Waals surface area (Å²) >= 11 is 5.50. The Balaban J connectivity index is 2.70. The molecule has 0 saturated carbocycles. The van der Waals surface area contributed by atoms with Crippen molar-refractivity contribution < 1.29 is 9.59 Å². The minimum absolute atomic E-state index is 0.0811. The number of rotatable bonds is 5. The largest absolute Gasteiger partial charge is 0.350 e. The maximum Gasteiger partial charge on any atom is 0.221 e. The van der Waals surface area contributed by atoms with E-state index in [1.807, 2.05) is 25.1 Å². The Morgan fingerprint density at radius 3 is 2.72 bits per heavy atom. The van der Waals surface area contributed by atoms with Gasteiger partial charge in [0.15, 0.2) is 0 Å². The van der Waals surface area contributed by atoms with E-state index < -0.39 is 0 Å². The summed E-state index contributed by atoms with van der Waals surface area (Å²) in [6, 6.07) is 7.27. The van der Waals surface area contributed by atoms with Gasteiger partial charge in [-0.25, -0.2) is 0 Å². The molecule has 0 bridgehead atoms.